The van der Waals surface area contributed by atoms with E-state index in [0.717, 1.165) is 12.8 Å². The van der Waals surface area contributed by atoms with Gasteiger partial charge in [0.15, 0.2) is 0 Å². The van der Waals surface area contributed by atoms with Crippen LogP contribution in [0.25, 0.3) is 0 Å². The zero-order valence-corrected chi connectivity index (χ0v) is 11.2. The van der Waals surface area contributed by atoms with Gasteiger partial charge in [-0.3, -0.25) is 4.79 Å². The Morgan fingerprint density at radius 2 is 2.00 bits per heavy atom. The van der Waals surface area contributed by atoms with E-state index in [4.69, 9.17) is 0 Å². The van der Waals surface area contributed by atoms with Crippen LogP contribution in [0.5, 0.6) is 0 Å². The molecule has 3 fully saturated rings. The normalized spacial score (nSPS) is 35.1. The number of aliphatic hydroxyl groups is 1. The van der Waals surface area contributed by atoms with E-state index in [1.165, 1.54) is 12.8 Å². The molecule has 1 saturated carbocycles. The number of fused-ring (bicyclic) bond motifs is 1. The van der Waals surface area contributed by atoms with Crippen molar-refractivity contribution in [1.29, 1.82) is 0 Å². The molecule has 2 N–H and O–H groups in total. The fraction of sp³-hybridized carbons (Fsp3) is 0.846. The van der Waals surface area contributed by atoms with Crippen LogP contribution >= 0.6 is 0 Å². The number of carbonyl (C=O) groups excluding carboxylic acids is 2. The van der Waals surface area contributed by atoms with Crippen LogP contribution in [0.4, 0.5) is 4.79 Å². The number of likely N-dealkylation sites (tertiary alicyclic amines) is 2. The Morgan fingerprint density at radius 1 is 1.32 bits per heavy atom. The topological polar surface area (TPSA) is 72.9 Å². The van der Waals surface area contributed by atoms with E-state index < -0.39 is 6.10 Å². The number of hydrogen-bond donors (Lipinski definition) is 2. The maximum atomic E-state index is 12.2. The summed E-state index contributed by atoms with van der Waals surface area (Å²) in [5.41, 5.74) is 0. The van der Waals surface area contributed by atoms with Gasteiger partial charge in [0.2, 0.25) is 0 Å². The molecule has 2 heterocycles. The summed E-state index contributed by atoms with van der Waals surface area (Å²) in [7, 11) is 1.70. The molecule has 1 aliphatic carbocycles. The van der Waals surface area contributed by atoms with Crippen LogP contribution in [-0.4, -0.2) is 65.2 Å². The number of carbonyl (C=O) groups is 2. The number of nitrogens with zero attached hydrogens (tertiary/aromatic N) is 2. The fourth-order valence-electron chi connectivity index (χ4n) is 3.59. The quantitative estimate of drug-likeness (QED) is 0.689. The molecule has 106 valence electrons. The lowest BCUT2D eigenvalue weighted by molar-refractivity contribution is -0.135. The number of rotatable bonds is 1. The van der Waals surface area contributed by atoms with Crippen LogP contribution < -0.4 is 5.32 Å². The Hall–Kier alpha value is -1.30. The molecule has 3 rings (SSSR count). The highest BCUT2D eigenvalue weighted by molar-refractivity contribution is 5.85. The zero-order valence-electron chi connectivity index (χ0n) is 11.2. The molecule has 0 bridgehead atoms. The van der Waals surface area contributed by atoms with Crippen molar-refractivity contribution >= 4 is 11.9 Å². The Balaban J connectivity index is 1.60. The van der Waals surface area contributed by atoms with Gasteiger partial charge in [0.05, 0.1) is 6.04 Å². The van der Waals surface area contributed by atoms with E-state index in [1.807, 2.05) is 0 Å². The van der Waals surface area contributed by atoms with Crippen molar-refractivity contribution in [2.45, 2.75) is 43.9 Å². The predicted octanol–water partition coefficient (Wildman–Crippen LogP) is -0.228. The molecule has 0 aromatic carbocycles. The summed E-state index contributed by atoms with van der Waals surface area (Å²) in [6.07, 6.45) is 3.55. The first-order valence-electron chi connectivity index (χ1n) is 7.08. The van der Waals surface area contributed by atoms with Gasteiger partial charge in [0.25, 0.3) is 5.91 Å². The summed E-state index contributed by atoms with van der Waals surface area (Å²) < 4.78 is 0. The first-order chi connectivity index (χ1) is 9.08. The molecule has 3 aliphatic rings. The highest BCUT2D eigenvalue weighted by Crippen LogP contribution is 2.31. The zero-order chi connectivity index (χ0) is 13.6. The monoisotopic (exact) mass is 267 g/mol. The summed E-state index contributed by atoms with van der Waals surface area (Å²) in [5, 5.41) is 12.9. The van der Waals surface area contributed by atoms with Crippen LogP contribution in [0.2, 0.25) is 0 Å². The van der Waals surface area contributed by atoms with E-state index in [1.54, 1.807) is 16.8 Å². The predicted molar refractivity (Wildman–Crippen MR) is 68.4 cm³/mol. The van der Waals surface area contributed by atoms with Crippen molar-refractivity contribution < 1.29 is 14.7 Å². The number of urea groups is 1. The van der Waals surface area contributed by atoms with Crippen molar-refractivity contribution in [2.75, 3.05) is 20.1 Å². The van der Waals surface area contributed by atoms with E-state index in [9.17, 15) is 14.7 Å². The molecule has 3 atom stereocenters. The minimum Gasteiger partial charge on any atom is -0.383 e. The summed E-state index contributed by atoms with van der Waals surface area (Å²) in [6.45, 7) is 1.00. The minimum absolute atomic E-state index is 0.0307. The first kappa shape index (κ1) is 12.7. The summed E-state index contributed by atoms with van der Waals surface area (Å²) in [4.78, 5) is 27.1. The number of hydrogen-bond acceptors (Lipinski definition) is 3. The molecule has 3 amide bonds. The third-order valence-corrected chi connectivity index (χ3v) is 4.81. The minimum atomic E-state index is -0.945. The SMILES string of the molecule is CN1C(=O)[C@@H](O)[C@H]2CN(C(=O)NC3CCCC3)C[C@H]21. The van der Waals surface area contributed by atoms with E-state index in [0.29, 0.717) is 19.1 Å². The van der Waals surface area contributed by atoms with Gasteiger partial charge < -0.3 is 20.2 Å². The second-order valence-corrected chi connectivity index (χ2v) is 5.96. The van der Waals surface area contributed by atoms with Crippen molar-refractivity contribution in [3.05, 3.63) is 0 Å². The molecule has 6 heteroatoms. The molecule has 2 saturated heterocycles. The van der Waals surface area contributed by atoms with E-state index in [2.05, 4.69) is 5.32 Å². The Labute approximate surface area is 112 Å². The van der Waals surface area contributed by atoms with Gasteiger partial charge in [0, 0.05) is 32.1 Å². The third-order valence-electron chi connectivity index (χ3n) is 4.81. The van der Waals surface area contributed by atoms with Crippen molar-refractivity contribution in [3.63, 3.8) is 0 Å². The average Bonchev–Trinajstić information content (AvgIpc) is 3.07. The second kappa shape index (κ2) is 4.67. The summed E-state index contributed by atoms with van der Waals surface area (Å²) in [5.74, 6) is -0.349. The van der Waals surface area contributed by atoms with Gasteiger partial charge in [-0.05, 0) is 12.8 Å². The van der Waals surface area contributed by atoms with Crippen LogP contribution in [0.1, 0.15) is 25.7 Å². The fourth-order valence-corrected chi connectivity index (χ4v) is 3.59. The number of amides is 3. The van der Waals surface area contributed by atoms with Gasteiger partial charge >= 0.3 is 6.03 Å². The molecule has 19 heavy (non-hydrogen) atoms. The lowest BCUT2D eigenvalue weighted by Gasteiger charge is -2.23. The molecule has 6 nitrogen and oxygen atoms in total. The Kier molecular flexibility index (Phi) is 3.12. The molecule has 0 aromatic rings. The van der Waals surface area contributed by atoms with Crippen molar-refractivity contribution in [3.8, 4) is 0 Å². The average molecular weight is 267 g/mol. The number of nitrogens with one attached hydrogen (secondary N) is 1. The molecule has 0 unspecified atom stereocenters. The van der Waals surface area contributed by atoms with Gasteiger partial charge in [-0.15, -0.1) is 0 Å². The van der Waals surface area contributed by atoms with E-state index >= 15 is 0 Å². The maximum absolute atomic E-state index is 12.2. The first-order valence-corrected chi connectivity index (χ1v) is 7.08. The summed E-state index contributed by atoms with van der Waals surface area (Å²) in [6, 6.07) is 0.225. The van der Waals surface area contributed by atoms with Gasteiger partial charge in [-0.2, -0.15) is 0 Å². The highest BCUT2D eigenvalue weighted by Gasteiger charge is 2.51. The number of aliphatic hydroxyl groups excluding tert-OH is 1. The van der Waals surface area contributed by atoms with Crippen LogP contribution in [-0.2, 0) is 4.79 Å². The number of likely N-dealkylation sites (N-methyl/N-ethyl adjacent to an activating group) is 1. The molecule has 0 radical (unpaired) electrons. The van der Waals surface area contributed by atoms with Crippen molar-refractivity contribution in [1.82, 2.24) is 15.1 Å². The Morgan fingerprint density at radius 3 is 2.63 bits per heavy atom. The highest BCUT2D eigenvalue weighted by atomic mass is 16.3. The molecule has 0 spiro atoms. The standard InChI is InChI=1S/C13H21N3O3/c1-15-10-7-16(6-9(10)11(17)12(15)18)13(19)14-8-4-2-3-5-8/h8-11,17H,2-7H2,1H3,(H,14,19)/t9-,10+,11-/m0/s1. The van der Waals surface area contributed by atoms with Crippen LogP contribution in [0.15, 0.2) is 0 Å². The largest absolute Gasteiger partial charge is 0.383 e. The van der Waals surface area contributed by atoms with Gasteiger partial charge in [-0.1, -0.05) is 12.8 Å². The summed E-state index contributed by atoms with van der Waals surface area (Å²) >= 11 is 0. The molecule has 2 aliphatic heterocycles. The smallest absolute Gasteiger partial charge is 0.317 e. The maximum Gasteiger partial charge on any atom is 0.317 e. The van der Waals surface area contributed by atoms with Crippen LogP contribution in [0, 0.1) is 5.92 Å². The third kappa shape index (κ3) is 2.08. The van der Waals surface area contributed by atoms with Gasteiger partial charge in [0.1, 0.15) is 6.10 Å². The van der Waals surface area contributed by atoms with Crippen molar-refractivity contribution in [2.24, 2.45) is 5.92 Å². The van der Waals surface area contributed by atoms with Gasteiger partial charge in [-0.25, -0.2) is 4.79 Å². The lowest BCUT2D eigenvalue weighted by Crippen LogP contribution is -2.45. The van der Waals surface area contributed by atoms with E-state index in [-0.39, 0.29) is 23.9 Å². The molecular formula is C13H21N3O3. The molecule has 0 aromatic heterocycles. The second-order valence-electron chi connectivity index (χ2n) is 5.96. The van der Waals surface area contributed by atoms with Crippen LogP contribution in [0.3, 0.4) is 0 Å². The Bertz CT molecular complexity index is 375. The molecular weight excluding hydrogens is 246 g/mol. The lowest BCUT2D eigenvalue weighted by atomic mass is 10.0.